The van der Waals surface area contributed by atoms with Crippen LogP contribution in [0.25, 0.3) is 11.0 Å². The van der Waals surface area contributed by atoms with E-state index >= 15 is 8.78 Å². The lowest BCUT2D eigenvalue weighted by Crippen LogP contribution is -2.56. The van der Waals surface area contributed by atoms with Gasteiger partial charge in [0, 0.05) is 37.8 Å². The summed E-state index contributed by atoms with van der Waals surface area (Å²) < 4.78 is 56.5. The van der Waals surface area contributed by atoms with Gasteiger partial charge in [0.15, 0.2) is 12.0 Å². The number of nitrogens with zero attached hydrogens (tertiary/aromatic N) is 5. The average molecular weight is 565 g/mol. The number of carbonyl (C=O) groups excluding carboxylic acids is 1. The van der Waals surface area contributed by atoms with Gasteiger partial charge in [-0.2, -0.15) is 0 Å². The van der Waals surface area contributed by atoms with Crippen LogP contribution in [0.4, 0.5) is 19.4 Å². The molecule has 4 aliphatic heterocycles. The molecule has 0 radical (unpaired) electrons. The number of anilines is 1. The molecule has 40 heavy (non-hydrogen) atoms. The minimum Gasteiger partial charge on any atom is -0.444 e. The molecule has 4 saturated heterocycles. The predicted octanol–water partition coefficient (Wildman–Crippen LogP) is 3.54. The highest BCUT2D eigenvalue weighted by Gasteiger charge is 2.60. The Labute approximate surface area is 231 Å². The Hall–Kier alpha value is -2.61. The van der Waals surface area contributed by atoms with E-state index in [4.69, 9.17) is 24.7 Å². The van der Waals surface area contributed by atoms with Crippen LogP contribution >= 0.6 is 0 Å². The van der Waals surface area contributed by atoms with Gasteiger partial charge in [-0.15, -0.1) is 0 Å². The SMILES string of the molecule is CC(C)(C)OC(=O)N1CCC2(CC1)CC(F)(F)CN2C[C@H]1OC(n2ccc3c(N)ncnc32)[C@@H]2OC(C)(C)O[C@H]12. The maximum absolute atomic E-state index is 15.0. The number of hydrogen-bond acceptors (Lipinski definition) is 9. The van der Waals surface area contributed by atoms with E-state index < -0.39 is 53.5 Å². The summed E-state index contributed by atoms with van der Waals surface area (Å²) in [6.45, 7) is 9.69. The molecular formula is C27H38F2N6O5. The van der Waals surface area contributed by atoms with Crippen molar-refractivity contribution in [3.05, 3.63) is 18.6 Å². The number of likely N-dealkylation sites (tertiary alicyclic amines) is 2. The van der Waals surface area contributed by atoms with Gasteiger partial charge in [-0.25, -0.2) is 23.5 Å². The summed E-state index contributed by atoms with van der Waals surface area (Å²) in [7, 11) is 0. The summed E-state index contributed by atoms with van der Waals surface area (Å²) in [6, 6.07) is 1.83. The zero-order chi connectivity index (χ0) is 28.7. The lowest BCUT2D eigenvalue weighted by molar-refractivity contribution is -0.199. The Kier molecular flexibility index (Phi) is 6.34. The minimum absolute atomic E-state index is 0.245. The first-order valence-electron chi connectivity index (χ1n) is 13.8. The highest BCUT2D eigenvalue weighted by molar-refractivity contribution is 5.86. The highest BCUT2D eigenvalue weighted by Crippen LogP contribution is 2.49. The molecule has 2 aromatic heterocycles. The first-order chi connectivity index (χ1) is 18.7. The maximum Gasteiger partial charge on any atom is 0.410 e. The van der Waals surface area contributed by atoms with Gasteiger partial charge in [0.05, 0.1) is 11.9 Å². The number of aromatic nitrogens is 3. The molecule has 1 spiro atoms. The van der Waals surface area contributed by atoms with Crippen molar-refractivity contribution < 1.29 is 32.5 Å². The number of carbonyl (C=O) groups is 1. The van der Waals surface area contributed by atoms with Crippen LogP contribution < -0.4 is 5.73 Å². The van der Waals surface area contributed by atoms with E-state index in [0.29, 0.717) is 42.8 Å². The Morgan fingerprint density at radius 2 is 1.88 bits per heavy atom. The third-order valence-electron chi connectivity index (χ3n) is 8.37. The van der Waals surface area contributed by atoms with Gasteiger partial charge < -0.3 is 34.1 Å². The number of amides is 1. The van der Waals surface area contributed by atoms with E-state index in [0.717, 1.165) is 0 Å². The molecule has 1 unspecified atom stereocenters. The summed E-state index contributed by atoms with van der Waals surface area (Å²) >= 11 is 0. The fraction of sp³-hybridized carbons (Fsp3) is 0.741. The number of halogens is 2. The number of fused-ring (bicyclic) bond motifs is 2. The molecule has 2 aromatic rings. The van der Waals surface area contributed by atoms with E-state index in [1.54, 1.807) is 4.90 Å². The molecular weight excluding hydrogens is 526 g/mol. The number of rotatable bonds is 3. The monoisotopic (exact) mass is 564 g/mol. The van der Waals surface area contributed by atoms with Crippen LogP contribution in [0.5, 0.6) is 0 Å². The summed E-state index contributed by atoms with van der Waals surface area (Å²) in [5.41, 5.74) is 5.27. The van der Waals surface area contributed by atoms with Crippen LogP contribution in [-0.2, 0) is 18.9 Å². The van der Waals surface area contributed by atoms with Crippen molar-refractivity contribution in [2.45, 2.75) is 101 Å². The molecule has 2 N–H and O–H groups in total. The first-order valence-corrected chi connectivity index (χ1v) is 13.8. The Balaban J connectivity index is 1.23. The highest BCUT2D eigenvalue weighted by atomic mass is 19.3. The van der Waals surface area contributed by atoms with Crippen molar-refractivity contribution in [1.82, 2.24) is 24.3 Å². The second-order valence-electron chi connectivity index (χ2n) is 13.0. The van der Waals surface area contributed by atoms with Gasteiger partial charge in [-0.3, -0.25) is 4.90 Å². The second-order valence-corrected chi connectivity index (χ2v) is 13.0. The fourth-order valence-electron chi connectivity index (χ4n) is 6.72. The van der Waals surface area contributed by atoms with Crippen molar-refractivity contribution in [3.63, 3.8) is 0 Å². The van der Waals surface area contributed by atoms with Crippen LogP contribution in [-0.4, -0.2) is 97.8 Å². The molecule has 13 heteroatoms. The second kappa shape index (κ2) is 9.20. The molecule has 4 aliphatic rings. The minimum atomic E-state index is -2.84. The summed E-state index contributed by atoms with van der Waals surface area (Å²) in [4.78, 5) is 24.6. The molecule has 0 aromatic carbocycles. The molecule has 1 amide bonds. The molecule has 4 fully saturated rings. The van der Waals surface area contributed by atoms with E-state index in [2.05, 4.69) is 9.97 Å². The van der Waals surface area contributed by atoms with Gasteiger partial charge in [0.2, 0.25) is 0 Å². The molecule has 0 bridgehead atoms. The predicted molar refractivity (Wildman–Crippen MR) is 141 cm³/mol. The van der Waals surface area contributed by atoms with Crippen LogP contribution in [0.1, 0.15) is 60.1 Å². The molecule has 6 heterocycles. The first kappa shape index (κ1) is 27.6. The van der Waals surface area contributed by atoms with Gasteiger partial charge in [-0.05, 0) is 53.5 Å². The fourth-order valence-corrected chi connectivity index (χ4v) is 6.72. The normalized spacial score (nSPS) is 31.2. The van der Waals surface area contributed by atoms with Crippen molar-refractivity contribution in [1.29, 1.82) is 0 Å². The lowest BCUT2D eigenvalue weighted by atomic mass is 9.84. The number of nitrogens with two attached hydrogens (primary N) is 1. The molecule has 220 valence electrons. The van der Waals surface area contributed by atoms with Crippen LogP contribution in [0.15, 0.2) is 18.6 Å². The number of piperidine rings is 1. The van der Waals surface area contributed by atoms with Crippen molar-refractivity contribution in [2.75, 3.05) is 31.9 Å². The van der Waals surface area contributed by atoms with Crippen molar-refractivity contribution in [3.8, 4) is 0 Å². The van der Waals surface area contributed by atoms with Crippen molar-refractivity contribution >= 4 is 22.9 Å². The smallest absolute Gasteiger partial charge is 0.410 e. The molecule has 4 atom stereocenters. The molecule has 6 rings (SSSR count). The largest absolute Gasteiger partial charge is 0.444 e. The van der Waals surface area contributed by atoms with Gasteiger partial charge in [0.25, 0.3) is 5.92 Å². The topological polar surface area (TPSA) is 117 Å². The zero-order valence-electron chi connectivity index (χ0n) is 23.6. The van der Waals surface area contributed by atoms with Crippen LogP contribution in [0.3, 0.4) is 0 Å². The quantitative estimate of drug-likeness (QED) is 0.597. The Morgan fingerprint density at radius 3 is 2.58 bits per heavy atom. The van der Waals surface area contributed by atoms with E-state index in [1.807, 2.05) is 56.3 Å². The van der Waals surface area contributed by atoms with Crippen LogP contribution in [0.2, 0.25) is 0 Å². The third-order valence-corrected chi connectivity index (χ3v) is 8.37. The maximum atomic E-state index is 15.0. The number of ether oxygens (including phenoxy) is 4. The standard InChI is InChI=1S/C27H38F2N6O5/c1-24(2,3)40-23(36)33-10-7-26(8-11-33)13-27(28,29)14-34(26)12-17-18-19(39-25(4,5)38-18)22(37-17)35-9-6-16-20(30)31-15-32-21(16)35/h6,9,15,17-19,22H,7-8,10-14H2,1-5H3,(H2,30,31,32)/t17-,18-,19-,22?/m1/s1. The molecule has 0 aliphatic carbocycles. The summed E-state index contributed by atoms with van der Waals surface area (Å²) in [6.07, 6.45) is 1.35. The van der Waals surface area contributed by atoms with Gasteiger partial charge >= 0.3 is 6.09 Å². The number of nitrogen functional groups attached to an aromatic ring is 1. The van der Waals surface area contributed by atoms with E-state index in [9.17, 15) is 4.79 Å². The summed E-state index contributed by atoms with van der Waals surface area (Å²) in [5, 5.41) is 0.694. The van der Waals surface area contributed by atoms with Gasteiger partial charge in [-0.1, -0.05) is 0 Å². The number of alkyl halides is 2. The van der Waals surface area contributed by atoms with E-state index in [-0.39, 0.29) is 19.5 Å². The third kappa shape index (κ3) is 4.90. The van der Waals surface area contributed by atoms with Crippen LogP contribution in [0, 0.1) is 0 Å². The Morgan fingerprint density at radius 1 is 1.18 bits per heavy atom. The van der Waals surface area contributed by atoms with Crippen molar-refractivity contribution in [2.24, 2.45) is 0 Å². The average Bonchev–Trinajstić information content (AvgIpc) is 3.54. The summed E-state index contributed by atoms with van der Waals surface area (Å²) in [5.74, 6) is -3.35. The van der Waals surface area contributed by atoms with E-state index in [1.165, 1.54) is 6.33 Å². The molecule has 11 nitrogen and oxygen atoms in total. The Bertz CT molecular complexity index is 1290. The number of hydrogen-bond donors (Lipinski definition) is 1. The van der Waals surface area contributed by atoms with Gasteiger partial charge in [0.1, 0.15) is 41.7 Å². The lowest BCUT2D eigenvalue weighted by Gasteiger charge is -2.45. The molecule has 0 saturated carbocycles. The zero-order valence-corrected chi connectivity index (χ0v) is 23.6.